The van der Waals surface area contributed by atoms with E-state index in [9.17, 15) is 0 Å². The highest BCUT2D eigenvalue weighted by molar-refractivity contribution is 5.35. The molecule has 3 nitrogen and oxygen atoms in total. The average Bonchev–Trinajstić information content (AvgIpc) is 2.88. The lowest BCUT2D eigenvalue weighted by Gasteiger charge is -2.34. The van der Waals surface area contributed by atoms with Crippen molar-refractivity contribution in [2.45, 2.75) is 18.9 Å². The minimum absolute atomic E-state index is 0.765. The first-order valence-electron chi connectivity index (χ1n) is 5.45. The van der Waals surface area contributed by atoms with Gasteiger partial charge in [0, 0.05) is 25.2 Å². The van der Waals surface area contributed by atoms with Crippen LogP contribution in [0.2, 0.25) is 0 Å². The highest BCUT2D eigenvalue weighted by Gasteiger charge is 2.33. The molecule has 2 unspecified atom stereocenters. The summed E-state index contributed by atoms with van der Waals surface area (Å²) in [6.07, 6.45) is 4.33. The summed E-state index contributed by atoms with van der Waals surface area (Å²) >= 11 is 0. The van der Waals surface area contributed by atoms with Crippen LogP contribution in [0, 0.1) is 5.92 Å². The third kappa shape index (κ3) is 1.32. The number of anilines is 1. The molecule has 2 aliphatic heterocycles. The van der Waals surface area contributed by atoms with E-state index in [-0.39, 0.29) is 0 Å². The van der Waals surface area contributed by atoms with Crippen LogP contribution in [0.3, 0.4) is 0 Å². The standard InChI is InChI=1S/C11H16N2O/c1-2-11(14-7-1)13-6-4-10-9(8-13)3-5-12-10/h1-2,7,9-10,12H,3-6,8H2. The van der Waals surface area contributed by atoms with Gasteiger partial charge in [0.2, 0.25) is 0 Å². The molecule has 3 heteroatoms. The van der Waals surface area contributed by atoms with Crippen LogP contribution in [0.5, 0.6) is 0 Å². The first-order valence-corrected chi connectivity index (χ1v) is 5.45. The Morgan fingerprint density at radius 1 is 1.43 bits per heavy atom. The lowest BCUT2D eigenvalue weighted by atomic mass is 9.93. The molecule has 0 bridgehead atoms. The van der Waals surface area contributed by atoms with Crippen molar-refractivity contribution in [2.75, 3.05) is 24.5 Å². The Morgan fingerprint density at radius 2 is 2.43 bits per heavy atom. The maximum Gasteiger partial charge on any atom is 0.195 e. The molecule has 2 aliphatic rings. The molecular formula is C11H16N2O. The van der Waals surface area contributed by atoms with E-state index in [2.05, 4.69) is 16.3 Å². The third-order valence-electron chi connectivity index (χ3n) is 3.47. The molecule has 0 amide bonds. The van der Waals surface area contributed by atoms with Gasteiger partial charge in [-0.25, -0.2) is 0 Å². The second kappa shape index (κ2) is 3.31. The molecule has 0 radical (unpaired) electrons. The summed E-state index contributed by atoms with van der Waals surface area (Å²) in [4.78, 5) is 2.37. The number of rotatable bonds is 1. The minimum Gasteiger partial charge on any atom is -0.449 e. The van der Waals surface area contributed by atoms with Crippen LogP contribution in [0.1, 0.15) is 12.8 Å². The predicted octanol–water partition coefficient (Wildman–Crippen LogP) is 1.47. The summed E-state index contributed by atoms with van der Waals surface area (Å²) in [5.74, 6) is 1.86. The molecule has 0 spiro atoms. The van der Waals surface area contributed by atoms with Crippen molar-refractivity contribution in [2.24, 2.45) is 5.92 Å². The molecule has 0 aliphatic carbocycles. The van der Waals surface area contributed by atoms with E-state index in [1.165, 1.54) is 19.4 Å². The predicted molar refractivity (Wildman–Crippen MR) is 55.4 cm³/mol. The fourth-order valence-electron chi connectivity index (χ4n) is 2.70. The third-order valence-corrected chi connectivity index (χ3v) is 3.47. The zero-order valence-electron chi connectivity index (χ0n) is 8.28. The van der Waals surface area contributed by atoms with Crippen LogP contribution in [0.4, 0.5) is 5.88 Å². The van der Waals surface area contributed by atoms with Crippen molar-refractivity contribution < 1.29 is 4.42 Å². The largest absolute Gasteiger partial charge is 0.449 e. The van der Waals surface area contributed by atoms with E-state index >= 15 is 0 Å². The Kier molecular flexibility index (Phi) is 1.98. The van der Waals surface area contributed by atoms with Crippen LogP contribution < -0.4 is 10.2 Å². The molecule has 2 saturated heterocycles. The molecular weight excluding hydrogens is 176 g/mol. The average molecular weight is 192 g/mol. The lowest BCUT2D eigenvalue weighted by molar-refractivity contribution is 0.363. The van der Waals surface area contributed by atoms with Gasteiger partial charge in [-0.05, 0) is 31.4 Å². The van der Waals surface area contributed by atoms with Crippen molar-refractivity contribution in [3.63, 3.8) is 0 Å². The number of nitrogens with zero attached hydrogens (tertiary/aromatic N) is 1. The monoisotopic (exact) mass is 192 g/mol. The Bertz CT molecular complexity index is 296. The smallest absolute Gasteiger partial charge is 0.195 e. The van der Waals surface area contributed by atoms with Gasteiger partial charge in [0.25, 0.3) is 0 Å². The normalized spacial score (nSPS) is 31.9. The van der Waals surface area contributed by atoms with E-state index < -0.39 is 0 Å². The number of hydrogen-bond acceptors (Lipinski definition) is 3. The first-order chi connectivity index (χ1) is 6.93. The van der Waals surface area contributed by atoms with E-state index in [0.29, 0.717) is 0 Å². The SMILES string of the molecule is c1coc(N2CCC3NCCC3C2)c1. The van der Waals surface area contributed by atoms with Gasteiger partial charge in [-0.2, -0.15) is 0 Å². The Balaban J connectivity index is 1.73. The van der Waals surface area contributed by atoms with Gasteiger partial charge in [-0.15, -0.1) is 0 Å². The van der Waals surface area contributed by atoms with Crippen LogP contribution in [-0.2, 0) is 0 Å². The van der Waals surface area contributed by atoms with E-state index in [0.717, 1.165) is 30.9 Å². The Labute approximate surface area is 84.1 Å². The van der Waals surface area contributed by atoms with Gasteiger partial charge in [0.05, 0.1) is 6.26 Å². The summed E-state index contributed by atoms with van der Waals surface area (Å²) in [6, 6.07) is 4.79. The molecule has 3 heterocycles. The van der Waals surface area contributed by atoms with Crippen LogP contribution >= 0.6 is 0 Å². The number of fused-ring (bicyclic) bond motifs is 1. The Hall–Kier alpha value is -0.960. The second-order valence-electron chi connectivity index (χ2n) is 4.30. The molecule has 2 atom stereocenters. The van der Waals surface area contributed by atoms with Gasteiger partial charge >= 0.3 is 0 Å². The molecule has 1 aromatic rings. The van der Waals surface area contributed by atoms with Crippen LogP contribution in [0.25, 0.3) is 0 Å². The topological polar surface area (TPSA) is 28.4 Å². The lowest BCUT2D eigenvalue weighted by Crippen LogP contribution is -2.44. The fourth-order valence-corrected chi connectivity index (χ4v) is 2.70. The highest BCUT2D eigenvalue weighted by atomic mass is 16.3. The Morgan fingerprint density at radius 3 is 3.29 bits per heavy atom. The van der Waals surface area contributed by atoms with Gasteiger partial charge in [0.1, 0.15) is 0 Å². The van der Waals surface area contributed by atoms with Crippen molar-refractivity contribution in [1.29, 1.82) is 0 Å². The highest BCUT2D eigenvalue weighted by Crippen LogP contribution is 2.28. The summed E-state index contributed by atoms with van der Waals surface area (Å²) < 4.78 is 5.43. The minimum atomic E-state index is 0.765. The summed E-state index contributed by atoms with van der Waals surface area (Å²) in [6.45, 7) is 3.48. The van der Waals surface area contributed by atoms with Crippen molar-refractivity contribution >= 4 is 5.88 Å². The second-order valence-corrected chi connectivity index (χ2v) is 4.30. The number of piperidine rings is 1. The quantitative estimate of drug-likeness (QED) is 0.730. The molecule has 76 valence electrons. The molecule has 0 saturated carbocycles. The number of hydrogen-bond donors (Lipinski definition) is 1. The van der Waals surface area contributed by atoms with Crippen LogP contribution in [-0.4, -0.2) is 25.7 Å². The number of furan rings is 1. The van der Waals surface area contributed by atoms with E-state index in [1.807, 2.05) is 6.07 Å². The van der Waals surface area contributed by atoms with Crippen molar-refractivity contribution in [1.82, 2.24) is 5.32 Å². The zero-order chi connectivity index (χ0) is 9.38. The molecule has 2 fully saturated rings. The van der Waals surface area contributed by atoms with Gasteiger partial charge in [0.15, 0.2) is 5.88 Å². The molecule has 14 heavy (non-hydrogen) atoms. The summed E-state index contributed by atoms with van der Waals surface area (Å²) in [5.41, 5.74) is 0. The maximum atomic E-state index is 5.43. The van der Waals surface area contributed by atoms with Gasteiger partial charge < -0.3 is 14.6 Å². The van der Waals surface area contributed by atoms with Crippen LogP contribution in [0.15, 0.2) is 22.8 Å². The van der Waals surface area contributed by atoms with E-state index in [4.69, 9.17) is 4.42 Å². The number of nitrogens with one attached hydrogen (secondary N) is 1. The molecule has 1 N–H and O–H groups in total. The zero-order valence-corrected chi connectivity index (χ0v) is 8.28. The first kappa shape index (κ1) is 8.36. The van der Waals surface area contributed by atoms with Gasteiger partial charge in [-0.3, -0.25) is 0 Å². The van der Waals surface area contributed by atoms with Gasteiger partial charge in [-0.1, -0.05) is 0 Å². The summed E-state index contributed by atoms with van der Waals surface area (Å²) in [5, 5.41) is 3.57. The maximum absolute atomic E-state index is 5.43. The molecule has 1 aromatic heterocycles. The van der Waals surface area contributed by atoms with Crippen molar-refractivity contribution in [3.05, 3.63) is 18.4 Å². The molecule has 0 aromatic carbocycles. The fraction of sp³-hybridized carbons (Fsp3) is 0.636. The summed E-state index contributed by atoms with van der Waals surface area (Å²) in [7, 11) is 0. The van der Waals surface area contributed by atoms with E-state index in [1.54, 1.807) is 6.26 Å². The van der Waals surface area contributed by atoms with Crippen molar-refractivity contribution in [3.8, 4) is 0 Å². The molecule has 3 rings (SSSR count).